The zero-order valence-corrected chi connectivity index (χ0v) is 15.2. The Morgan fingerprint density at radius 2 is 0.875 bits per heavy atom. The van der Waals surface area contributed by atoms with Crippen LogP contribution in [-0.2, 0) is 0 Å². The van der Waals surface area contributed by atoms with Crippen LogP contribution in [0.25, 0.3) is 0 Å². The molecule has 2 aromatic carbocycles. The molecule has 0 radical (unpaired) electrons. The van der Waals surface area contributed by atoms with Crippen LogP contribution in [0.3, 0.4) is 0 Å². The van der Waals surface area contributed by atoms with Crippen molar-refractivity contribution < 1.29 is 18.9 Å². The number of benzene rings is 2. The molecule has 0 aliphatic heterocycles. The molecular formula is C22H28BLi. The predicted molar refractivity (Wildman–Crippen MR) is 102 cm³/mol. The van der Waals surface area contributed by atoms with Crippen LogP contribution in [0, 0.1) is 0 Å². The molecule has 2 aliphatic carbocycles. The molecule has 0 nitrogen and oxygen atoms in total. The average Bonchev–Trinajstić information content (AvgIpc) is 3.32. The molecule has 0 bridgehead atoms. The van der Waals surface area contributed by atoms with Gasteiger partial charge in [0, 0.05) is 0 Å². The van der Waals surface area contributed by atoms with E-state index < -0.39 is 6.15 Å². The quantitative estimate of drug-likeness (QED) is 0.759. The van der Waals surface area contributed by atoms with E-state index in [1.807, 2.05) is 0 Å². The molecule has 0 heterocycles. The van der Waals surface area contributed by atoms with Crippen molar-refractivity contribution in [2.24, 2.45) is 0 Å². The van der Waals surface area contributed by atoms with Crippen LogP contribution in [-0.4, -0.2) is 6.15 Å². The maximum absolute atomic E-state index is 2.43. The van der Waals surface area contributed by atoms with E-state index in [1.165, 1.54) is 51.4 Å². The Hall–Kier alpha value is -0.898. The molecule has 2 fully saturated rings. The third kappa shape index (κ3) is 3.02. The smallest absolute Gasteiger partial charge is 0.204 e. The summed E-state index contributed by atoms with van der Waals surface area (Å²) in [5.41, 5.74) is 3.27. The van der Waals surface area contributed by atoms with Crippen LogP contribution >= 0.6 is 0 Å². The Balaban J connectivity index is 0.00000169. The summed E-state index contributed by atoms with van der Waals surface area (Å²) >= 11 is 0. The molecule has 2 saturated carbocycles. The van der Waals surface area contributed by atoms with Gasteiger partial charge in [0.1, 0.15) is 0 Å². The molecule has 2 aromatic rings. The van der Waals surface area contributed by atoms with Crippen LogP contribution < -0.4 is 29.8 Å². The largest absolute Gasteiger partial charge is 1.00 e. The molecule has 0 saturated heterocycles. The molecule has 4 rings (SSSR count). The molecule has 2 heteroatoms. The monoisotopic (exact) mass is 310 g/mol. The van der Waals surface area contributed by atoms with Gasteiger partial charge < -0.3 is 0 Å². The van der Waals surface area contributed by atoms with E-state index in [2.05, 4.69) is 60.7 Å². The van der Waals surface area contributed by atoms with Gasteiger partial charge in [-0.3, -0.25) is 0 Å². The molecule has 0 unspecified atom stereocenters. The topological polar surface area (TPSA) is 0 Å². The zero-order chi connectivity index (χ0) is 15.5. The third-order valence-electron chi connectivity index (χ3n) is 6.99. The first-order chi connectivity index (χ1) is 11.4. The number of rotatable bonds is 4. The second-order valence-electron chi connectivity index (χ2n) is 7.91. The van der Waals surface area contributed by atoms with E-state index in [4.69, 9.17) is 0 Å². The van der Waals surface area contributed by atoms with Crippen molar-refractivity contribution in [1.82, 2.24) is 0 Å². The van der Waals surface area contributed by atoms with Crippen LogP contribution in [0.15, 0.2) is 60.7 Å². The van der Waals surface area contributed by atoms with Gasteiger partial charge in [0.2, 0.25) is 0 Å². The van der Waals surface area contributed by atoms with Gasteiger partial charge in [0.05, 0.1) is 6.15 Å². The summed E-state index contributed by atoms with van der Waals surface area (Å²) in [7, 11) is 0. The first kappa shape index (κ1) is 17.9. The van der Waals surface area contributed by atoms with Crippen molar-refractivity contribution in [2.45, 2.75) is 63.0 Å². The molecule has 0 aromatic heterocycles. The van der Waals surface area contributed by atoms with E-state index in [1.54, 1.807) is 10.9 Å². The van der Waals surface area contributed by atoms with E-state index in [9.17, 15) is 0 Å². The minimum absolute atomic E-state index is 0. The Labute approximate surface area is 159 Å². The summed E-state index contributed by atoms with van der Waals surface area (Å²) < 4.78 is 0. The van der Waals surface area contributed by atoms with E-state index in [-0.39, 0.29) is 18.9 Å². The maximum Gasteiger partial charge on any atom is 1.00 e. The SMILES string of the molecule is [Li+].c1ccc([B-](c2ccccc2)(C2CCCC2)C2CCCC2)cc1. The Morgan fingerprint density at radius 3 is 1.21 bits per heavy atom. The first-order valence-electron chi connectivity index (χ1n) is 9.70. The maximum atomic E-state index is 2.43. The van der Waals surface area contributed by atoms with Gasteiger partial charge in [-0.1, -0.05) is 112 Å². The Bertz CT molecular complexity index is 555. The van der Waals surface area contributed by atoms with Gasteiger partial charge in [0.25, 0.3) is 0 Å². The summed E-state index contributed by atoms with van der Waals surface area (Å²) in [5.74, 6) is 1.76. The fourth-order valence-corrected chi connectivity index (χ4v) is 6.18. The van der Waals surface area contributed by atoms with Gasteiger partial charge in [-0.15, -0.1) is 0 Å². The van der Waals surface area contributed by atoms with Gasteiger partial charge in [-0.2, -0.15) is 11.6 Å². The molecule has 2 aliphatic rings. The molecule has 0 spiro atoms. The van der Waals surface area contributed by atoms with Gasteiger partial charge >= 0.3 is 18.9 Å². The predicted octanol–water partition coefficient (Wildman–Crippen LogP) is 2.14. The minimum atomic E-state index is -0.622. The molecule has 120 valence electrons. The fourth-order valence-electron chi connectivity index (χ4n) is 6.18. The summed E-state index contributed by atoms with van der Waals surface area (Å²) in [6.07, 6.45) is 10.8. The average molecular weight is 310 g/mol. The number of hydrogen-bond donors (Lipinski definition) is 0. The van der Waals surface area contributed by atoms with Gasteiger partial charge in [-0.25, -0.2) is 10.9 Å². The summed E-state index contributed by atoms with van der Waals surface area (Å²) in [6, 6.07) is 23.1. The molecule has 24 heavy (non-hydrogen) atoms. The molecule has 0 N–H and O–H groups in total. The van der Waals surface area contributed by atoms with Crippen molar-refractivity contribution in [1.29, 1.82) is 0 Å². The molecular weight excluding hydrogens is 282 g/mol. The summed E-state index contributed by atoms with van der Waals surface area (Å²) in [6.45, 7) is 0. The summed E-state index contributed by atoms with van der Waals surface area (Å²) in [5, 5.41) is 0. The number of hydrogen-bond acceptors (Lipinski definition) is 0. The summed E-state index contributed by atoms with van der Waals surface area (Å²) in [4.78, 5) is 0. The second kappa shape index (κ2) is 7.99. The molecule has 0 amide bonds. The van der Waals surface area contributed by atoms with Crippen LogP contribution in [0.5, 0.6) is 0 Å². The third-order valence-corrected chi connectivity index (χ3v) is 6.99. The first-order valence-corrected chi connectivity index (χ1v) is 9.70. The minimum Gasteiger partial charge on any atom is -0.204 e. The van der Waals surface area contributed by atoms with Crippen LogP contribution in [0.1, 0.15) is 51.4 Å². The van der Waals surface area contributed by atoms with Gasteiger partial charge in [-0.05, 0) is 0 Å². The van der Waals surface area contributed by atoms with E-state index in [0.29, 0.717) is 0 Å². The Kier molecular flexibility index (Phi) is 5.96. The van der Waals surface area contributed by atoms with E-state index in [0.717, 1.165) is 11.6 Å². The van der Waals surface area contributed by atoms with Crippen molar-refractivity contribution in [3.63, 3.8) is 0 Å². The Morgan fingerprint density at radius 1 is 0.542 bits per heavy atom. The van der Waals surface area contributed by atoms with Crippen LogP contribution in [0.4, 0.5) is 0 Å². The normalized spacial score (nSPS) is 19.3. The molecule has 0 atom stereocenters. The van der Waals surface area contributed by atoms with Crippen molar-refractivity contribution >= 4 is 17.1 Å². The van der Waals surface area contributed by atoms with Gasteiger partial charge in [0.15, 0.2) is 0 Å². The second-order valence-corrected chi connectivity index (χ2v) is 7.91. The van der Waals surface area contributed by atoms with Crippen molar-refractivity contribution in [2.75, 3.05) is 0 Å². The zero-order valence-electron chi connectivity index (χ0n) is 15.2. The van der Waals surface area contributed by atoms with Crippen molar-refractivity contribution in [3.05, 3.63) is 60.7 Å². The van der Waals surface area contributed by atoms with E-state index >= 15 is 0 Å². The van der Waals surface area contributed by atoms with Crippen molar-refractivity contribution in [3.8, 4) is 0 Å². The van der Waals surface area contributed by atoms with Crippen LogP contribution in [0.2, 0.25) is 11.6 Å². The standard InChI is InChI=1S/C22H28B.Li/c1-3-11-19(12-4-1)23(21-15-7-8-16-21,22-17-9-10-18-22)20-13-5-2-6-14-20;/h1-6,11-14,21-22H,7-10,15-18H2;/q-1;+1. The fraction of sp³-hybridized carbons (Fsp3) is 0.455.